The molecule has 1 N–H and O–H groups in total. The second kappa shape index (κ2) is 5.52. The Labute approximate surface area is 115 Å². The largest absolute Gasteiger partial charge is 0.443 e. The van der Waals surface area contributed by atoms with E-state index in [1.807, 2.05) is 18.2 Å². The van der Waals surface area contributed by atoms with Gasteiger partial charge in [0.1, 0.15) is 11.2 Å². The first-order valence-electron chi connectivity index (χ1n) is 6.34. The van der Waals surface area contributed by atoms with Crippen LogP contribution < -0.4 is 5.32 Å². The van der Waals surface area contributed by atoms with Crippen LogP contribution in [0.5, 0.6) is 0 Å². The number of nitrogens with one attached hydrogen (secondary N) is 1. The predicted molar refractivity (Wildman–Crippen MR) is 74.3 cm³/mol. The Morgan fingerprint density at radius 2 is 2.15 bits per heavy atom. The molecule has 0 spiro atoms. The van der Waals surface area contributed by atoms with Gasteiger partial charge in [-0.15, -0.1) is 0 Å². The summed E-state index contributed by atoms with van der Waals surface area (Å²) in [6.45, 7) is 0.554. The molecule has 0 radical (unpaired) electrons. The predicted octanol–water partition coefficient (Wildman–Crippen LogP) is 2.20. The Bertz CT molecular complexity index is 722. The highest BCUT2D eigenvalue weighted by atomic mass is 16.3. The minimum absolute atomic E-state index is 0.159. The number of rotatable bonds is 4. The molecule has 5 nitrogen and oxygen atoms in total. The van der Waals surface area contributed by atoms with Crippen LogP contribution >= 0.6 is 0 Å². The first kappa shape index (κ1) is 12.3. The van der Waals surface area contributed by atoms with E-state index in [0.29, 0.717) is 12.2 Å². The first-order chi connectivity index (χ1) is 9.83. The van der Waals surface area contributed by atoms with Gasteiger partial charge in [-0.3, -0.25) is 9.78 Å². The molecule has 0 aliphatic carbocycles. The van der Waals surface area contributed by atoms with E-state index in [9.17, 15) is 4.79 Å². The summed E-state index contributed by atoms with van der Waals surface area (Å²) in [5.41, 5.74) is 3.14. The van der Waals surface area contributed by atoms with E-state index in [1.165, 1.54) is 6.39 Å². The van der Waals surface area contributed by atoms with Crippen molar-refractivity contribution in [1.82, 2.24) is 15.3 Å². The fraction of sp³-hybridized carbons (Fsp3) is 0.133. The maximum absolute atomic E-state index is 11.8. The summed E-state index contributed by atoms with van der Waals surface area (Å²) in [5.74, 6) is -0.159. The van der Waals surface area contributed by atoms with Crippen molar-refractivity contribution in [2.75, 3.05) is 6.54 Å². The zero-order valence-electron chi connectivity index (χ0n) is 10.7. The Kier molecular flexibility index (Phi) is 3.41. The van der Waals surface area contributed by atoms with Crippen LogP contribution in [0.4, 0.5) is 0 Å². The van der Waals surface area contributed by atoms with Gasteiger partial charge >= 0.3 is 0 Å². The van der Waals surface area contributed by atoms with Crippen LogP contribution in [-0.4, -0.2) is 22.4 Å². The van der Waals surface area contributed by atoms with Crippen LogP contribution in [0.3, 0.4) is 0 Å². The van der Waals surface area contributed by atoms with Gasteiger partial charge in [-0.05, 0) is 36.2 Å². The van der Waals surface area contributed by atoms with E-state index in [1.54, 1.807) is 24.4 Å². The van der Waals surface area contributed by atoms with Crippen LogP contribution in [0.15, 0.2) is 53.4 Å². The zero-order valence-corrected chi connectivity index (χ0v) is 10.7. The highest BCUT2D eigenvalue weighted by molar-refractivity contribution is 5.92. The van der Waals surface area contributed by atoms with Crippen molar-refractivity contribution in [2.45, 2.75) is 6.42 Å². The topological polar surface area (TPSA) is 68.0 Å². The number of pyridine rings is 1. The summed E-state index contributed by atoms with van der Waals surface area (Å²) in [5, 5.41) is 2.84. The zero-order chi connectivity index (χ0) is 13.8. The summed E-state index contributed by atoms with van der Waals surface area (Å²) in [7, 11) is 0. The van der Waals surface area contributed by atoms with Gasteiger partial charge in [-0.1, -0.05) is 12.1 Å². The molecule has 1 aromatic carbocycles. The van der Waals surface area contributed by atoms with Gasteiger partial charge in [-0.2, -0.15) is 0 Å². The minimum Gasteiger partial charge on any atom is -0.443 e. The third-order valence-corrected chi connectivity index (χ3v) is 2.99. The standard InChI is InChI=1S/C15H13N3O2/c19-15(12-3-1-2-7-16-12)17-8-6-11-4-5-14-13(9-11)18-10-20-14/h1-5,7,9-10H,6,8H2,(H,17,19). The van der Waals surface area contributed by atoms with Gasteiger partial charge in [0.25, 0.3) is 5.91 Å². The molecule has 0 aliphatic heterocycles. The summed E-state index contributed by atoms with van der Waals surface area (Å²) in [6.07, 6.45) is 3.77. The molecule has 20 heavy (non-hydrogen) atoms. The smallest absolute Gasteiger partial charge is 0.269 e. The van der Waals surface area contributed by atoms with E-state index in [0.717, 1.165) is 23.1 Å². The number of carbonyl (C=O) groups is 1. The molecule has 0 bridgehead atoms. The summed E-state index contributed by atoms with van der Waals surface area (Å²) in [4.78, 5) is 19.9. The lowest BCUT2D eigenvalue weighted by Gasteiger charge is -2.04. The molecule has 3 rings (SSSR count). The van der Waals surface area contributed by atoms with E-state index >= 15 is 0 Å². The fourth-order valence-electron chi connectivity index (χ4n) is 1.97. The molecule has 5 heteroatoms. The van der Waals surface area contributed by atoms with E-state index < -0.39 is 0 Å². The number of carbonyl (C=O) groups excluding carboxylic acids is 1. The quantitative estimate of drug-likeness (QED) is 0.786. The number of aromatic nitrogens is 2. The lowest BCUT2D eigenvalue weighted by Crippen LogP contribution is -2.26. The molecule has 0 unspecified atom stereocenters. The molecule has 2 heterocycles. The molecular formula is C15H13N3O2. The van der Waals surface area contributed by atoms with E-state index in [4.69, 9.17) is 4.42 Å². The lowest BCUT2D eigenvalue weighted by molar-refractivity contribution is 0.0949. The molecular weight excluding hydrogens is 254 g/mol. The Hall–Kier alpha value is -2.69. The molecule has 0 saturated carbocycles. The lowest BCUT2D eigenvalue weighted by atomic mass is 10.1. The molecule has 0 aliphatic rings. The second-order valence-electron chi connectivity index (χ2n) is 4.38. The van der Waals surface area contributed by atoms with E-state index in [-0.39, 0.29) is 5.91 Å². The monoisotopic (exact) mass is 267 g/mol. The molecule has 3 aromatic rings. The van der Waals surface area contributed by atoms with Crippen molar-refractivity contribution in [2.24, 2.45) is 0 Å². The second-order valence-corrected chi connectivity index (χ2v) is 4.38. The Morgan fingerprint density at radius 1 is 1.20 bits per heavy atom. The van der Waals surface area contributed by atoms with Crippen LogP contribution in [0, 0.1) is 0 Å². The van der Waals surface area contributed by atoms with Crippen LogP contribution in [0.25, 0.3) is 11.1 Å². The number of hydrogen-bond acceptors (Lipinski definition) is 4. The van der Waals surface area contributed by atoms with Gasteiger partial charge in [-0.25, -0.2) is 4.98 Å². The van der Waals surface area contributed by atoms with Crippen LogP contribution in [-0.2, 0) is 6.42 Å². The van der Waals surface area contributed by atoms with Crippen molar-refractivity contribution < 1.29 is 9.21 Å². The van der Waals surface area contributed by atoms with Gasteiger partial charge < -0.3 is 9.73 Å². The van der Waals surface area contributed by atoms with Crippen molar-refractivity contribution in [1.29, 1.82) is 0 Å². The maximum atomic E-state index is 11.8. The molecule has 0 fully saturated rings. The molecule has 2 aromatic heterocycles. The SMILES string of the molecule is O=C(NCCc1ccc2ocnc2c1)c1ccccn1. The van der Waals surface area contributed by atoms with Crippen molar-refractivity contribution in [3.05, 3.63) is 60.2 Å². The number of oxazole rings is 1. The molecule has 1 amide bonds. The number of amides is 1. The van der Waals surface area contributed by atoms with Gasteiger partial charge in [0, 0.05) is 12.7 Å². The van der Waals surface area contributed by atoms with Crippen molar-refractivity contribution in [3.63, 3.8) is 0 Å². The van der Waals surface area contributed by atoms with E-state index in [2.05, 4.69) is 15.3 Å². The average Bonchev–Trinajstić information content (AvgIpc) is 2.95. The molecule has 0 saturated heterocycles. The summed E-state index contributed by atoms with van der Waals surface area (Å²) >= 11 is 0. The highest BCUT2D eigenvalue weighted by Gasteiger charge is 2.05. The van der Waals surface area contributed by atoms with Crippen LogP contribution in [0.2, 0.25) is 0 Å². The highest BCUT2D eigenvalue weighted by Crippen LogP contribution is 2.14. The first-order valence-corrected chi connectivity index (χ1v) is 6.34. The third kappa shape index (κ3) is 2.66. The molecule has 0 atom stereocenters. The number of benzene rings is 1. The minimum atomic E-state index is -0.159. The maximum Gasteiger partial charge on any atom is 0.269 e. The van der Waals surface area contributed by atoms with Crippen molar-refractivity contribution >= 4 is 17.0 Å². The van der Waals surface area contributed by atoms with Crippen LogP contribution in [0.1, 0.15) is 16.1 Å². The van der Waals surface area contributed by atoms with Gasteiger partial charge in [0.2, 0.25) is 0 Å². The average molecular weight is 267 g/mol. The van der Waals surface area contributed by atoms with Crippen molar-refractivity contribution in [3.8, 4) is 0 Å². The molecule has 100 valence electrons. The van der Waals surface area contributed by atoms with Gasteiger partial charge in [0.05, 0.1) is 0 Å². The number of nitrogens with zero attached hydrogens (tertiary/aromatic N) is 2. The van der Waals surface area contributed by atoms with Gasteiger partial charge in [0.15, 0.2) is 12.0 Å². The fourth-order valence-corrected chi connectivity index (χ4v) is 1.97. The number of fused-ring (bicyclic) bond motifs is 1. The normalized spacial score (nSPS) is 10.6. The third-order valence-electron chi connectivity index (χ3n) is 2.99. The number of hydrogen-bond donors (Lipinski definition) is 1. The Morgan fingerprint density at radius 3 is 3.00 bits per heavy atom. The summed E-state index contributed by atoms with van der Waals surface area (Å²) in [6, 6.07) is 11.1. The Balaban J connectivity index is 1.58. The summed E-state index contributed by atoms with van der Waals surface area (Å²) < 4.78 is 5.18.